The highest BCUT2D eigenvalue weighted by Crippen LogP contribution is 2.11. The molecular weight excluding hydrogens is 432 g/mol. The number of aromatic nitrogens is 1. The number of hydrogen-bond acceptors (Lipinski definition) is 8. The van der Waals surface area contributed by atoms with Crippen LogP contribution in [0.5, 0.6) is 5.88 Å². The van der Waals surface area contributed by atoms with Crippen molar-refractivity contribution in [1.29, 1.82) is 0 Å². The van der Waals surface area contributed by atoms with Crippen molar-refractivity contribution < 1.29 is 28.4 Å². The fourth-order valence-electron chi connectivity index (χ4n) is 1.98. The lowest BCUT2D eigenvalue weighted by atomic mass is 10.3. The van der Waals surface area contributed by atoms with Crippen molar-refractivity contribution in [3.63, 3.8) is 0 Å². The maximum atomic E-state index is 5.45. The number of rotatable bonds is 20. The molecule has 0 radical (unpaired) electrons. The Balaban J connectivity index is 1.70. The zero-order valence-electron chi connectivity index (χ0n) is 16.5. The Bertz CT molecular complexity index is 453. The molecule has 0 aliphatic rings. The maximum Gasteiger partial charge on any atom is 0.213 e. The summed E-state index contributed by atoms with van der Waals surface area (Å²) in [4.78, 5) is 4.11. The SMILES string of the molecule is NCCCCOCCOCCOCCOCCOCCOc1ccc(Br)cn1. The zero-order valence-corrected chi connectivity index (χ0v) is 18.1. The molecule has 162 valence electrons. The van der Waals surface area contributed by atoms with Gasteiger partial charge in [0.15, 0.2) is 0 Å². The molecular formula is C19H33BrN2O6. The van der Waals surface area contributed by atoms with E-state index in [0.717, 1.165) is 23.9 Å². The van der Waals surface area contributed by atoms with Gasteiger partial charge in [-0.15, -0.1) is 0 Å². The van der Waals surface area contributed by atoms with Gasteiger partial charge in [-0.3, -0.25) is 0 Å². The second kappa shape index (κ2) is 19.5. The van der Waals surface area contributed by atoms with Gasteiger partial charge in [0, 0.05) is 23.3 Å². The van der Waals surface area contributed by atoms with Crippen LogP contribution in [0.2, 0.25) is 0 Å². The van der Waals surface area contributed by atoms with Crippen molar-refractivity contribution in [2.75, 3.05) is 79.2 Å². The van der Waals surface area contributed by atoms with Crippen LogP contribution < -0.4 is 10.5 Å². The van der Waals surface area contributed by atoms with Crippen LogP contribution in [0.3, 0.4) is 0 Å². The largest absolute Gasteiger partial charge is 0.475 e. The molecule has 9 heteroatoms. The van der Waals surface area contributed by atoms with Crippen molar-refractivity contribution in [1.82, 2.24) is 4.98 Å². The molecule has 28 heavy (non-hydrogen) atoms. The fourth-order valence-corrected chi connectivity index (χ4v) is 2.22. The number of nitrogens with zero attached hydrogens (tertiary/aromatic N) is 1. The van der Waals surface area contributed by atoms with Gasteiger partial charge in [-0.05, 0) is 41.4 Å². The van der Waals surface area contributed by atoms with Gasteiger partial charge in [-0.2, -0.15) is 0 Å². The van der Waals surface area contributed by atoms with Crippen LogP contribution in [0.25, 0.3) is 0 Å². The van der Waals surface area contributed by atoms with E-state index in [1.54, 1.807) is 12.3 Å². The number of pyridine rings is 1. The van der Waals surface area contributed by atoms with Crippen LogP contribution in [0.15, 0.2) is 22.8 Å². The monoisotopic (exact) mass is 464 g/mol. The number of halogens is 1. The van der Waals surface area contributed by atoms with Gasteiger partial charge in [0.1, 0.15) is 6.61 Å². The van der Waals surface area contributed by atoms with Crippen molar-refractivity contribution in [2.24, 2.45) is 5.73 Å². The number of hydrogen-bond donors (Lipinski definition) is 1. The highest BCUT2D eigenvalue weighted by atomic mass is 79.9. The smallest absolute Gasteiger partial charge is 0.213 e. The number of ether oxygens (including phenoxy) is 6. The summed E-state index contributed by atoms with van der Waals surface area (Å²) in [6, 6.07) is 3.68. The van der Waals surface area contributed by atoms with Crippen molar-refractivity contribution in [3.8, 4) is 5.88 Å². The van der Waals surface area contributed by atoms with E-state index in [9.17, 15) is 0 Å². The van der Waals surface area contributed by atoms with Gasteiger partial charge in [0.2, 0.25) is 5.88 Å². The van der Waals surface area contributed by atoms with Crippen LogP contribution >= 0.6 is 15.9 Å². The van der Waals surface area contributed by atoms with E-state index < -0.39 is 0 Å². The van der Waals surface area contributed by atoms with E-state index in [1.807, 2.05) is 6.07 Å². The molecule has 1 rings (SSSR count). The summed E-state index contributed by atoms with van der Waals surface area (Å²) in [5.41, 5.74) is 5.41. The van der Waals surface area contributed by atoms with E-state index in [-0.39, 0.29) is 0 Å². The molecule has 0 saturated heterocycles. The van der Waals surface area contributed by atoms with Crippen LogP contribution in [-0.4, -0.2) is 84.2 Å². The highest BCUT2D eigenvalue weighted by Gasteiger charge is 1.96. The topological polar surface area (TPSA) is 94.3 Å². The Morgan fingerprint density at radius 1 is 0.679 bits per heavy atom. The first-order valence-electron chi connectivity index (χ1n) is 9.66. The predicted molar refractivity (Wildman–Crippen MR) is 110 cm³/mol. The molecule has 0 amide bonds. The molecule has 0 aromatic carbocycles. The molecule has 0 aliphatic heterocycles. The minimum Gasteiger partial charge on any atom is -0.475 e. The Kier molecular flexibility index (Phi) is 17.6. The molecule has 0 atom stereocenters. The Labute approximate surface area is 176 Å². The summed E-state index contributed by atoms with van der Waals surface area (Å²) in [7, 11) is 0. The number of unbranched alkanes of at least 4 members (excludes halogenated alkanes) is 1. The van der Waals surface area contributed by atoms with Gasteiger partial charge < -0.3 is 34.2 Å². The average Bonchev–Trinajstić information content (AvgIpc) is 2.71. The molecule has 1 aromatic rings. The lowest BCUT2D eigenvalue weighted by Crippen LogP contribution is -2.14. The van der Waals surface area contributed by atoms with E-state index in [1.165, 1.54) is 0 Å². The number of nitrogens with two attached hydrogens (primary N) is 1. The third-order valence-corrected chi connectivity index (χ3v) is 3.88. The molecule has 0 aliphatic carbocycles. The Hall–Kier alpha value is -0.810. The molecule has 1 aromatic heterocycles. The first-order valence-corrected chi connectivity index (χ1v) is 10.5. The van der Waals surface area contributed by atoms with E-state index in [4.69, 9.17) is 34.2 Å². The zero-order chi connectivity index (χ0) is 20.1. The molecule has 0 unspecified atom stereocenters. The van der Waals surface area contributed by atoms with Gasteiger partial charge >= 0.3 is 0 Å². The van der Waals surface area contributed by atoms with Crippen molar-refractivity contribution in [3.05, 3.63) is 22.8 Å². The Morgan fingerprint density at radius 3 is 1.64 bits per heavy atom. The third kappa shape index (κ3) is 16.2. The molecule has 0 saturated carbocycles. The van der Waals surface area contributed by atoms with E-state index in [0.29, 0.717) is 78.5 Å². The minimum atomic E-state index is 0.455. The molecule has 8 nitrogen and oxygen atoms in total. The summed E-state index contributed by atoms with van der Waals surface area (Å²) in [6.45, 7) is 6.83. The average molecular weight is 465 g/mol. The first kappa shape index (κ1) is 25.2. The predicted octanol–water partition coefficient (Wildman–Crippen LogP) is 2.04. The van der Waals surface area contributed by atoms with Gasteiger partial charge in [0.05, 0.1) is 59.5 Å². The van der Waals surface area contributed by atoms with E-state index in [2.05, 4.69) is 20.9 Å². The van der Waals surface area contributed by atoms with Crippen LogP contribution in [0.1, 0.15) is 12.8 Å². The molecule has 2 N–H and O–H groups in total. The second-order valence-corrected chi connectivity index (χ2v) is 6.64. The van der Waals surface area contributed by atoms with Gasteiger partial charge in [0.25, 0.3) is 0 Å². The molecule has 0 fully saturated rings. The summed E-state index contributed by atoms with van der Waals surface area (Å²) >= 11 is 3.32. The lowest BCUT2D eigenvalue weighted by Gasteiger charge is -2.08. The Morgan fingerprint density at radius 2 is 1.18 bits per heavy atom. The van der Waals surface area contributed by atoms with Crippen molar-refractivity contribution >= 4 is 15.9 Å². The lowest BCUT2D eigenvalue weighted by molar-refractivity contribution is -0.0129. The second-order valence-electron chi connectivity index (χ2n) is 5.72. The maximum absolute atomic E-state index is 5.45. The third-order valence-electron chi connectivity index (χ3n) is 3.41. The quantitative estimate of drug-likeness (QED) is 0.293. The first-order chi connectivity index (χ1) is 13.8. The van der Waals surface area contributed by atoms with E-state index >= 15 is 0 Å². The van der Waals surface area contributed by atoms with Crippen molar-refractivity contribution in [2.45, 2.75) is 12.8 Å². The summed E-state index contributed by atoms with van der Waals surface area (Å²) < 4.78 is 33.5. The normalized spacial score (nSPS) is 11.1. The molecule has 0 bridgehead atoms. The minimum absolute atomic E-state index is 0.455. The van der Waals surface area contributed by atoms with Gasteiger partial charge in [-0.1, -0.05) is 0 Å². The van der Waals surface area contributed by atoms with Crippen LogP contribution in [0.4, 0.5) is 0 Å². The standard InChI is InChI=1S/C19H33BrN2O6/c20-18-3-4-19(22-17-18)28-16-15-27-14-13-26-12-11-25-10-9-24-8-7-23-6-2-1-5-21/h3-4,17H,1-2,5-16,21H2. The van der Waals surface area contributed by atoms with Crippen LogP contribution in [0, 0.1) is 0 Å². The highest BCUT2D eigenvalue weighted by molar-refractivity contribution is 9.10. The fraction of sp³-hybridized carbons (Fsp3) is 0.737. The summed E-state index contributed by atoms with van der Waals surface area (Å²) in [5, 5.41) is 0. The molecule has 0 spiro atoms. The van der Waals surface area contributed by atoms with Gasteiger partial charge in [-0.25, -0.2) is 4.98 Å². The van der Waals surface area contributed by atoms with Crippen LogP contribution in [-0.2, 0) is 23.7 Å². The molecule has 1 heterocycles. The summed E-state index contributed by atoms with van der Waals surface area (Å²) in [6.07, 6.45) is 3.70. The summed E-state index contributed by atoms with van der Waals surface area (Å²) in [5.74, 6) is 0.583.